The van der Waals surface area contributed by atoms with E-state index in [2.05, 4.69) is 370 Å². The maximum Gasteiger partial charge on any atom is 0.160 e. The molecule has 0 saturated carbocycles. The van der Waals surface area contributed by atoms with Crippen LogP contribution >= 0.6 is 0 Å². The first-order chi connectivity index (χ1) is 52.6. The SMILES string of the molecule is c1ccc2cc(-n3c4ccc(-c5ccc6c(c5)c5ccccc5n6-c5cccc6ccccc56)cc4c4ccc5c6ccccc6oc5c43)ccc2c1.c1ccc2cc(-n3c4ccc(-c5ccc6c(c5)c5ccccc5n6-c5cccc6ccccc56)cc4c4ccc5oc6ccccc6c5c43)ccc2c1. The number of hydrogen-bond donors (Lipinski definition) is 0. The fourth-order valence-corrected chi connectivity index (χ4v) is 17.8. The second-order valence-electron chi connectivity index (χ2n) is 28.2. The number of aromatic nitrogens is 4. The van der Waals surface area contributed by atoms with Crippen molar-refractivity contribution in [1.82, 2.24) is 18.3 Å². The number of furan rings is 2. The van der Waals surface area contributed by atoms with Gasteiger partial charge in [-0.3, -0.25) is 0 Å². The molecule has 0 aliphatic heterocycles. The summed E-state index contributed by atoms with van der Waals surface area (Å²) in [5, 5.41) is 24.2. The van der Waals surface area contributed by atoms with Crippen molar-refractivity contribution in [1.29, 1.82) is 0 Å². The number of nitrogens with zero attached hydrogens (tertiary/aromatic N) is 4. The van der Waals surface area contributed by atoms with Crippen LogP contribution in [-0.2, 0) is 0 Å². The zero-order chi connectivity index (χ0) is 69.2. The van der Waals surface area contributed by atoms with E-state index in [0.29, 0.717) is 0 Å². The molecule has 0 saturated heterocycles. The number of hydrogen-bond acceptors (Lipinski definition) is 2. The molecular formula is C100H60N4O2. The monoisotopic (exact) mass is 1350 g/mol. The summed E-state index contributed by atoms with van der Waals surface area (Å²) in [7, 11) is 0. The average molecular weight is 1350 g/mol. The van der Waals surface area contributed by atoms with Crippen LogP contribution in [0.1, 0.15) is 0 Å². The molecule has 6 nitrogen and oxygen atoms in total. The van der Waals surface area contributed by atoms with Crippen molar-refractivity contribution in [2.24, 2.45) is 0 Å². The minimum atomic E-state index is 0.900. The maximum atomic E-state index is 6.69. The number of para-hydroxylation sites is 4. The standard InChI is InChI=1S/2C50H30N2O/c1-2-12-33-28-36(23-20-31(33)10-1)51-46-26-21-35(30-43(46)40-24-25-41-39-16-6-8-19-48(39)53-50(41)49(40)51)34-22-27-47-42(29-34)38-15-5-7-17-45(38)52(47)44-18-9-13-32-11-3-4-14-37(32)44;1-2-12-33-28-36(23-20-31(33)10-1)51-45-25-21-35(30-42(45)39-24-27-48-49(50(39)51)40-16-6-8-19-47(40)53-48)34-22-26-46-41(29-34)38-15-5-7-17-44(38)52(46)43-18-9-13-32-11-3-4-14-37(32)43/h2*1-30H. The Bertz CT molecular complexity index is 7840. The molecule has 0 spiro atoms. The van der Waals surface area contributed by atoms with Gasteiger partial charge in [0.05, 0.1) is 60.9 Å². The molecule has 0 bridgehead atoms. The summed E-state index contributed by atoms with van der Waals surface area (Å²) in [6.07, 6.45) is 0. The van der Waals surface area contributed by atoms with Crippen molar-refractivity contribution in [3.05, 3.63) is 364 Å². The van der Waals surface area contributed by atoms with Gasteiger partial charge < -0.3 is 27.1 Å². The molecule has 0 atom stereocenters. The predicted molar refractivity (Wildman–Crippen MR) is 446 cm³/mol. The lowest BCUT2D eigenvalue weighted by molar-refractivity contribution is 0.669. The quantitative estimate of drug-likeness (QED) is 0.167. The normalized spacial score (nSPS) is 12.2. The van der Waals surface area contributed by atoms with E-state index in [9.17, 15) is 0 Å². The van der Waals surface area contributed by atoms with E-state index in [1.165, 1.54) is 153 Å². The smallest absolute Gasteiger partial charge is 0.160 e. The van der Waals surface area contributed by atoms with Crippen LogP contribution in [-0.4, -0.2) is 18.3 Å². The number of rotatable bonds is 6. The molecule has 0 amide bonds. The van der Waals surface area contributed by atoms with Gasteiger partial charge in [-0.1, -0.05) is 237 Å². The zero-order valence-corrected chi connectivity index (χ0v) is 57.2. The van der Waals surface area contributed by atoms with Gasteiger partial charge in [-0.05, 0) is 182 Å². The van der Waals surface area contributed by atoms with Gasteiger partial charge in [0.15, 0.2) is 5.58 Å². The molecule has 6 aromatic heterocycles. The van der Waals surface area contributed by atoms with Crippen molar-refractivity contribution in [3.63, 3.8) is 0 Å². The van der Waals surface area contributed by atoms with Crippen molar-refractivity contribution < 1.29 is 8.83 Å². The molecule has 0 radical (unpaired) electrons. The van der Waals surface area contributed by atoms with Gasteiger partial charge in [-0.25, -0.2) is 0 Å². The summed E-state index contributed by atoms with van der Waals surface area (Å²) in [4.78, 5) is 0. The van der Waals surface area contributed by atoms with E-state index in [0.717, 1.165) is 66.3 Å². The van der Waals surface area contributed by atoms with Gasteiger partial charge >= 0.3 is 0 Å². The highest BCUT2D eigenvalue weighted by Crippen LogP contribution is 2.47. The Labute approximate surface area is 606 Å². The van der Waals surface area contributed by atoms with Gasteiger partial charge in [0.1, 0.15) is 16.7 Å². The van der Waals surface area contributed by atoms with Crippen molar-refractivity contribution in [3.8, 4) is 45.0 Å². The highest BCUT2D eigenvalue weighted by Gasteiger charge is 2.24. The molecule has 0 aliphatic carbocycles. The Kier molecular flexibility index (Phi) is 12.5. The van der Waals surface area contributed by atoms with Crippen molar-refractivity contribution in [2.45, 2.75) is 0 Å². The Morgan fingerprint density at radius 1 is 0.179 bits per heavy atom. The Hall–Kier alpha value is -14.2. The zero-order valence-electron chi connectivity index (χ0n) is 57.2. The fraction of sp³-hybridized carbons (Fsp3) is 0. The summed E-state index contributed by atoms with van der Waals surface area (Å²) in [6, 6.07) is 132. The molecule has 18 aromatic carbocycles. The summed E-state index contributed by atoms with van der Waals surface area (Å²) in [5.74, 6) is 0. The third-order valence-electron chi connectivity index (χ3n) is 22.5. The minimum absolute atomic E-state index is 0.900. The highest BCUT2D eigenvalue weighted by molar-refractivity contribution is 6.26. The summed E-state index contributed by atoms with van der Waals surface area (Å²) in [6.45, 7) is 0. The van der Waals surface area contributed by atoms with E-state index in [4.69, 9.17) is 8.83 Å². The average Bonchev–Trinajstić information content (AvgIpc) is 1.56. The maximum absolute atomic E-state index is 6.69. The molecule has 0 unspecified atom stereocenters. The van der Waals surface area contributed by atoms with Gasteiger partial charge in [0.25, 0.3) is 0 Å². The fourth-order valence-electron chi connectivity index (χ4n) is 17.8. The lowest BCUT2D eigenvalue weighted by atomic mass is 10.00. The second-order valence-corrected chi connectivity index (χ2v) is 28.2. The number of benzene rings is 18. The van der Waals surface area contributed by atoms with E-state index in [-0.39, 0.29) is 0 Å². The van der Waals surface area contributed by atoms with Crippen LogP contribution in [0.4, 0.5) is 0 Å². The van der Waals surface area contributed by atoms with Crippen LogP contribution in [0.3, 0.4) is 0 Å². The Morgan fingerprint density at radius 3 is 1.08 bits per heavy atom. The lowest BCUT2D eigenvalue weighted by Crippen LogP contribution is -1.95. The van der Waals surface area contributed by atoms with Crippen molar-refractivity contribution >= 4 is 174 Å². The topological polar surface area (TPSA) is 46.0 Å². The molecular weight excluding hydrogens is 1290 g/mol. The van der Waals surface area contributed by atoms with Crippen LogP contribution in [0.25, 0.3) is 219 Å². The van der Waals surface area contributed by atoms with E-state index < -0.39 is 0 Å². The Morgan fingerprint density at radius 2 is 0.547 bits per heavy atom. The van der Waals surface area contributed by atoms with Gasteiger partial charge in [0.2, 0.25) is 0 Å². The summed E-state index contributed by atoms with van der Waals surface area (Å²) < 4.78 is 22.8. The first kappa shape index (κ1) is 58.4. The molecule has 6 heteroatoms. The third kappa shape index (κ3) is 8.67. The van der Waals surface area contributed by atoms with Crippen LogP contribution in [0, 0.1) is 0 Å². The third-order valence-corrected chi connectivity index (χ3v) is 22.5. The van der Waals surface area contributed by atoms with Gasteiger partial charge in [-0.15, -0.1) is 0 Å². The van der Waals surface area contributed by atoms with Crippen LogP contribution in [0.2, 0.25) is 0 Å². The van der Waals surface area contributed by atoms with E-state index in [1.807, 2.05) is 12.1 Å². The molecule has 0 fully saturated rings. The van der Waals surface area contributed by atoms with Crippen LogP contribution in [0.5, 0.6) is 0 Å². The summed E-state index contributed by atoms with van der Waals surface area (Å²) in [5.41, 5.74) is 22.4. The lowest BCUT2D eigenvalue weighted by Gasteiger charge is -2.12. The molecule has 6 heterocycles. The van der Waals surface area contributed by atoms with Crippen molar-refractivity contribution in [2.75, 3.05) is 0 Å². The molecule has 0 aliphatic rings. The van der Waals surface area contributed by atoms with Crippen LogP contribution < -0.4 is 0 Å². The number of fused-ring (bicyclic) bond motifs is 24. The predicted octanol–water partition coefficient (Wildman–Crippen LogP) is 27.5. The summed E-state index contributed by atoms with van der Waals surface area (Å²) >= 11 is 0. The minimum Gasteiger partial charge on any atom is -0.456 e. The molecule has 24 aromatic rings. The first-order valence-electron chi connectivity index (χ1n) is 36.4. The molecule has 0 N–H and O–H groups in total. The Balaban J connectivity index is 0.000000129. The van der Waals surface area contributed by atoms with E-state index in [1.54, 1.807) is 0 Å². The first-order valence-corrected chi connectivity index (χ1v) is 36.4. The largest absolute Gasteiger partial charge is 0.456 e. The van der Waals surface area contributed by atoms with E-state index >= 15 is 0 Å². The van der Waals surface area contributed by atoms with Gasteiger partial charge in [0, 0.05) is 81.4 Å². The molecule has 492 valence electrons. The van der Waals surface area contributed by atoms with Gasteiger partial charge in [-0.2, -0.15) is 0 Å². The van der Waals surface area contributed by atoms with Crippen LogP contribution in [0.15, 0.2) is 373 Å². The molecule has 24 rings (SSSR count). The highest BCUT2D eigenvalue weighted by atomic mass is 16.3. The second kappa shape index (κ2) is 22.6. The molecule has 106 heavy (non-hydrogen) atoms.